The van der Waals surface area contributed by atoms with Crippen molar-refractivity contribution in [1.29, 1.82) is 0 Å². The zero-order chi connectivity index (χ0) is 17.0. The molecule has 2 aliphatic rings. The summed E-state index contributed by atoms with van der Waals surface area (Å²) in [4.78, 5) is 15.8. The maximum absolute atomic E-state index is 12.3. The summed E-state index contributed by atoms with van der Waals surface area (Å²) in [5.74, 6) is 0. The Hall–Kier alpha value is -1.53. The first kappa shape index (κ1) is 16.3. The van der Waals surface area contributed by atoms with Gasteiger partial charge in [-0.3, -0.25) is 4.90 Å². The van der Waals surface area contributed by atoms with E-state index in [2.05, 4.69) is 0 Å². The Balaban J connectivity index is 1.94. The largest absolute Gasteiger partial charge is 0.495 e. The first-order valence-corrected chi connectivity index (χ1v) is 8.12. The molecule has 0 N–H and O–H groups in total. The number of carbonyl (C=O) groups excluding carboxylic acids is 1. The SMILES string of the molecule is Cc1c(B2OC(C)(C)C(C)(C)O2)cccc1N1CCN(C)C1=O. The minimum absolute atomic E-state index is 0.0409. The van der Waals surface area contributed by atoms with Crippen LogP contribution in [0.2, 0.25) is 0 Å². The monoisotopic (exact) mass is 316 g/mol. The number of likely N-dealkylation sites (N-methyl/N-ethyl adjacent to an activating group) is 1. The van der Waals surface area contributed by atoms with Crippen LogP contribution < -0.4 is 10.4 Å². The van der Waals surface area contributed by atoms with E-state index in [1.54, 1.807) is 4.90 Å². The lowest BCUT2D eigenvalue weighted by Crippen LogP contribution is -2.41. The van der Waals surface area contributed by atoms with Crippen LogP contribution in [-0.2, 0) is 9.31 Å². The van der Waals surface area contributed by atoms with Gasteiger partial charge in [-0.2, -0.15) is 0 Å². The molecule has 2 aliphatic heterocycles. The van der Waals surface area contributed by atoms with Crippen LogP contribution >= 0.6 is 0 Å². The fourth-order valence-corrected chi connectivity index (χ4v) is 3.03. The third kappa shape index (κ3) is 2.54. The van der Waals surface area contributed by atoms with E-state index < -0.39 is 7.12 Å². The van der Waals surface area contributed by atoms with E-state index in [4.69, 9.17) is 9.31 Å². The van der Waals surface area contributed by atoms with Gasteiger partial charge in [0.1, 0.15) is 0 Å². The van der Waals surface area contributed by atoms with Crippen LogP contribution in [0.3, 0.4) is 0 Å². The van der Waals surface area contributed by atoms with Crippen molar-refractivity contribution in [3.05, 3.63) is 23.8 Å². The Labute approximate surface area is 138 Å². The quantitative estimate of drug-likeness (QED) is 0.785. The molecule has 124 valence electrons. The maximum atomic E-state index is 12.3. The average Bonchev–Trinajstić information content (AvgIpc) is 2.88. The third-order valence-electron chi connectivity index (χ3n) is 5.36. The smallest absolute Gasteiger partial charge is 0.399 e. The molecule has 0 aliphatic carbocycles. The first-order chi connectivity index (χ1) is 10.6. The van der Waals surface area contributed by atoms with E-state index in [-0.39, 0.29) is 17.2 Å². The molecule has 0 unspecified atom stereocenters. The van der Waals surface area contributed by atoms with Crippen molar-refractivity contribution >= 4 is 24.3 Å². The molecule has 0 aromatic heterocycles. The standard InChI is InChI=1S/C17H25BN2O3/c1-12-13(18-22-16(2,3)17(4,5)23-18)8-7-9-14(12)20-11-10-19(6)15(20)21/h7-9H,10-11H2,1-6H3. The number of urea groups is 1. The second kappa shape index (κ2) is 5.25. The molecule has 3 rings (SSSR count). The van der Waals surface area contributed by atoms with Gasteiger partial charge in [-0.25, -0.2) is 4.79 Å². The summed E-state index contributed by atoms with van der Waals surface area (Å²) in [6.07, 6.45) is 0. The molecule has 2 fully saturated rings. The minimum Gasteiger partial charge on any atom is -0.399 e. The second-order valence-electron chi connectivity index (χ2n) is 7.44. The van der Waals surface area contributed by atoms with Crippen molar-refractivity contribution in [1.82, 2.24) is 4.90 Å². The Morgan fingerprint density at radius 1 is 1.09 bits per heavy atom. The zero-order valence-electron chi connectivity index (χ0n) is 14.8. The number of amides is 2. The van der Waals surface area contributed by atoms with Gasteiger partial charge in [0, 0.05) is 25.8 Å². The summed E-state index contributed by atoms with van der Waals surface area (Å²) in [5.41, 5.74) is 2.22. The van der Waals surface area contributed by atoms with Gasteiger partial charge >= 0.3 is 13.1 Å². The maximum Gasteiger partial charge on any atom is 0.495 e. The summed E-state index contributed by atoms with van der Waals surface area (Å²) in [6.45, 7) is 11.7. The Morgan fingerprint density at radius 3 is 2.22 bits per heavy atom. The fourth-order valence-electron chi connectivity index (χ4n) is 3.03. The van der Waals surface area contributed by atoms with Crippen molar-refractivity contribution in [2.75, 3.05) is 25.0 Å². The number of hydrogen-bond donors (Lipinski definition) is 0. The molecular weight excluding hydrogens is 291 g/mol. The molecular formula is C17H25BN2O3. The molecule has 23 heavy (non-hydrogen) atoms. The third-order valence-corrected chi connectivity index (χ3v) is 5.36. The Kier molecular flexibility index (Phi) is 3.73. The minimum atomic E-state index is -0.407. The molecule has 1 aromatic carbocycles. The van der Waals surface area contributed by atoms with E-state index in [1.165, 1.54) is 0 Å². The fraction of sp³-hybridized carbons (Fsp3) is 0.588. The molecule has 1 aromatic rings. The average molecular weight is 316 g/mol. The van der Waals surface area contributed by atoms with Crippen LogP contribution in [0.25, 0.3) is 0 Å². The predicted octanol–water partition coefficient (Wildman–Crippen LogP) is 2.17. The Morgan fingerprint density at radius 2 is 1.70 bits per heavy atom. The number of rotatable bonds is 2. The van der Waals surface area contributed by atoms with Crippen molar-refractivity contribution < 1.29 is 14.1 Å². The van der Waals surface area contributed by atoms with Gasteiger partial charge in [-0.1, -0.05) is 12.1 Å². The number of hydrogen-bond acceptors (Lipinski definition) is 3. The normalized spacial score (nSPS) is 23.0. The van der Waals surface area contributed by atoms with E-state index in [0.717, 1.165) is 23.3 Å². The second-order valence-corrected chi connectivity index (χ2v) is 7.44. The highest BCUT2D eigenvalue weighted by Gasteiger charge is 2.52. The summed E-state index contributed by atoms with van der Waals surface area (Å²) < 4.78 is 12.3. The molecule has 2 heterocycles. The Bertz CT molecular complexity index is 629. The van der Waals surface area contributed by atoms with Gasteiger partial charge < -0.3 is 14.2 Å². The summed E-state index contributed by atoms with van der Waals surface area (Å²) in [6, 6.07) is 6.01. The zero-order valence-corrected chi connectivity index (χ0v) is 14.8. The van der Waals surface area contributed by atoms with Gasteiger partial charge in [0.05, 0.1) is 11.2 Å². The van der Waals surface area contributed by atoms with Gasteiger partial charge in [0.2, 0.25) is 0 Å². The predicted molar refractivity (Wildman–Crippen MR) is 92.3 cm³/mol. The van der Waals surface area contributed by atoms with Gasteiger partial charge in [-0.05, 0) is 51.7 Å². The van der Waals surface area contributed by atoms with Crippen molar-refractivity contribution in [2.24, 2.45) is 0 Å². The van der Waals surface area contributed by atoms with E-state index in [9.17, 15) is 4.79 Å². The van der Waals surface area contributed by atoms with Crippen LogP contribution in [0, 0.1) is 6.92 Å². The van der Waals surface area contributed by atoms with Crippen molar-refractivity contribution in [3.8, 4) is 0 Å². The van der Waals surface area contributed by atoms with Crippen molar-refractivity contribution in [3.63, 3.8) is 0 Å². The van der Waals surface area contributed by atoms with E-state index >= 15 is 0 Å². The molecule has 5 nitrogen and oxygen atoms in total. The van der Waals surface area contributed by atoms with Crippen LogP contribution in [0.1, 0.15) is 33.3 Å². The van der Waals surface area contributed by atoms with E-state index in [1.807, 2.05) is 64.8 Å². The lowest BCUT2D eigenvalue weighted by molar-refractivity contribution is 0.00578. The molecule has 0 saturated carbocycles. The molecule has 0 bridgehead atoms. The summed E-state index contributed by atoms with van der Waals surface area (Å²) in [7, 11) is 1.42. The number of anilines is 1. The highest BCUT2D eigenvalue weighted by atomic mass is 16.7. The summed E-state index contributed by atoms with van der Waals surface area (Å²) in [5, 5.41) is 0. The first-order valence-electron chi connectivity index (χ1n) is 8.12. The molecule has 0 radical (unpaired) electrons. The molecule has 2 amide bonds. The lowest BCUT2D eigenvalue weighted by Gasteiger charge is -2.32. The van der Waals surface area contributed by atoms with Crippen LogP contribution in [0.15, 0.2) is 18.2 Å². The molecule has 0 atom stereocenters. The van der Waals surface area contributed by atoms with E-state index in [0.29, 0.717) is 6.54 Å². The topological polar surface area (TPSA) is 42.0 Å². The van der Waals surface area contributed by atoms with Crippen LogP contribution in [0.4, 0.5) is 10.5 Å². The molecule has 2 saturated heterocycles. The van der Waals surface area contributed by atoms with Crippen LogP contribution in [0.5, 0.6) is 0 Å². The van der Waals surface area contributed by atoms with Crippen molar-refractivity contribution in [2.45, 2.75) is 45.8 Å². The van der Waals surface area contributed by atoms with Gasteiger partial charge in [-0.15, -0.1) is 0 Å². The highest BCUT2D eigenvalue weighted by Crippen LogP contribution is 2.37. The highest BCUT2D eigenvalue weighted by molar-refractivity contribution is 6.62. The number of carbonyl (C=O) groups is 1. The van der Waals surface area contributed by atoms with Crippen LogP contribution in [-0.4, -0.2) is 49.4 Å². The lowest BCUT2D eigenvalue weighted by atomic mass is 9.75. The van der Waals surface area contributed by atoms with Gasteiger partial charge in [0.15, 0.2) is 0 Å². The number of nitrogens with zero attached hydrogens (tertiary/aromatic N) is 2. The van der Waals surface area contributed by atoms with Gasteiger partial charge in [0.25, 0.3) is 0 Å². The number of benzene rings is 1. The summed E-state index contributed by atoms with van der Waals surface area (Å²) >= 11 is 0. The molecule has 6 heteroatoms. The molecule has 0 spiro atoms.